The fourth-order valence-corrected chi connectivity index (χ4v) is 2.25. The van der Waals surface area contributed by atoms with E-state index >= 15 is 0 Å². The van der Waals surface area contributed by atoms with Gasteiger partial charge in [-0.3, -0.25) is 0 Å². The van der Waals surface area contributed by atoms with Crippen molar-refractivity contribution in [2.45, 2.75) is 6.92 Å². The largest absolute Gasteiger partial charge is 0.366 e. The highest BCUT2D eigenvalue weighted by Gasteiger charge is 2.08. The molecular formula is C17H17N5. The molecule has 0 unspecified atom stereocenters. The van der Waals surface area contributed by atoms with Crippen LogP contribution in [0.15, 0.2) is 61.2 Å². The van der Waals surface area contributed by atoms with Gasteiger partial charge in [0.25, 0.3) is 0 Å². The van der Waals surface area contributed by atoms with Crippen LogP contribution in [0, 0.1) is 0 Å². The third-order valence-electron chi connectivity index (χ3n) is 3.50. The third kappa shape index (κ3) is 2.74. The highest BCUT2D eigenvalue weighted by molar-refractivity contribution is 5.92. The van der Waals surface area contributed by atoms with Crippen LogP contribution in [0.25, 0.3) is 22.3 Å². The van der Waals surface area contributed by atoms with Crippen molar-refractivity contribution in [1.29, 1.82) is 0 Å². The van der Waals surface area contributed by atoms with Gasteiger partial charge in [0.1, 0.15) is 17.8 Å². The van der Waals surface area contributed by atoms with E-state index in [1.165, 1.54) is 0 Å². The lowest BCUT2D eigenvalue weighted by atomic mass is 10.1. The summed E-state index contributed by atoms with van der Waals surface area (Å²) in [5.41, 5.74) is 3.85. The van der Waals surface area contributed by atoms with Gasteiger partial charge in [-0.25, -0.2) is 15.0 Å². The number of aromatic amines is 1. The molecule has 0 aliphatic rings. The summed E-state index contributed by atoms with van der Waals surface area (Å²) < 4.78 is 0. The average molecular weight is 291 g/mol. The Balaban J connectivity index is 1.89. The highest BCUT2D eigenvalue weighted by atomic mass is 15.0. The Bertz CT molecular complexity index is 832. The first kappa shape index (κ1) is 14.0. The standard InChI is InChI=1S/C17H17N5/c1-3-12(4-2)9-19-16-8-15(21-11-22-16)14-10-20-17-13(14)6-5-7-18-17/h3-8,10-11H,1,9H2,2H3,(H,18,20)(H,19,21,22)/b12-4+. The predicted octanol–water partition coefficient (Wildman–Crippen LogP) is 3.56. The summed E-state index contributed by atoms with van der Waals surface area (Å²) in [5, 5.41) is 4.33. The molecular weight excluding hydrogens is 274 g/mol. The Labute approximate surface area is 128 Å². The molecule has 0 bridgehead atoms. The average Bonchev–Trinajstić information content (AvgIpc) is 3.00. The van der Waals surface area contributed by atoms with E-state index in [-0.39, 0.29) is 0 Å². The van der Waals surface area contributed by atoms with Gasteiger partial charge in [0.15, 0.2) is 0 Å². The van der Waals surface area contributed by atoms with Crippen molar-refractivity contribution in [2.24, 2.45) is 0 Å². The minimum Gasteiger partial charge on any atom is -0.366 e. The molecule has 5 nitrogen and oxygen atoms in total. The molecule has 22 heavy (non-hydrogen) atoms. The lowest BCUT2D eigenvalue weighted by molar-refractivity contribution is 1.13. The molecule has 3 heterocycles. The zero-order valence-electron chi connectivity index (χ0n) is 12.4. The topological polar surface area (TPSA) is 66.5 Å². The molecule has 0 saturated heterocycles. The Morgan fingerprint density at radius 2 is 2.27 bits per heavy atom. The molecule has 0 aromatic carbocycles. The number of hydrogen-bond acceptors (Lipinski definition) is 4. The number of fused-ring (bicyclic) bond motifs is 1. The summed E-state index contributed by atoms with van der Waals surface area (Å²) in [4.78, 5) is 16.1. The zero-order chi connectivity index (χ0) is 15.4. The second-order valence-electron chi connectivity index (χ2n) is 4.81. The summed E-state index contributed by atoms with van der Waals surface area (Å²) >= 11 is 0. The van der Waals surface area contributed by atoms with Crippen LogP contribution in [0.2, 0.25) is 0 Å². The SMILES string of the molecule is C=C/C(=C\C)CNc1cc(-c2c[nH]c3ncccc23)ncn1. The summed E-state index contributed by atoms with van der Waals surface area (Å²) in [6, 6.07) is 5.88. The second-order valence-corrected chi connectivity index (χ2v) is 4.81. The Kier molecular flexibility index (Phi) is 3.96. The Hall–Kier alpha value is -2.95. The minimum atomic E-state index is 0.686. The van der Waals surface area contributed by atoms with Gasteiger partial charge in [-0.05, 0) is 24.6 Å². The van der Waals surface area contributed by atoms with Crippen molar-refractivity contribution >= 4 is 16.9 Å². The number of anilines is 1. The zero-order valence-corrected chi connectivity index (χ0v) is 12.4. The van der Waals surface area contributed by atoms with E-state index in [0.29, 0.717) is 6.54 Å². The van der Waals surface area contributed by atoms with Crippen molar-refractivity contribution in [2.75, 3.05) is 11.9 Å². The molecule has 0 amide bonds. The van der Waals surface area contributed by atoms with Crippen LogP contribution in [-0.2, 0) is 0 Å². The molecule has 2 N–H and O–H groups in total. The first-order chi connectivity index (χ1) is 10.8. The first-order valence-electron chi connectivity index (χ1n) is 7.08. The lowest BCUT2D eigenvalue weighted by Gasteiger charge is -2.07. The number of H-pyrrole nitrogens is 1. The Morgan fingerprint density at radius 1 is 1.36 bits per heavy atom. The number of hydrogen-bond donors (Lipinski definition) is 2. The number of nitrogens with zero attached hydrogens (tertiary/aromatic N) is 3. The van der Waals surface area contributed by atoms with E-state index in [2.05, 4.69) is 31.8 Å². The molecule has 3 aromatic heterocycles. The molecule has 0 saturated carbocycles. The number of pyridine rings is 1. The molecule has 0 atom stereocenters. The van der Waals surface area contributed by atoms with E-state index in [1.54, 1.807) is 12.5 Å². The quantitative estimate of drug-likeness (QED) is 0.705. The molecule has 0 radical (unpaired) electrons. The lowest BCUT2D eigenvalue weighted by Crippen LogP contribution is -2.05. The first-order valence-corrected chi connectivity index (χ1v) is 7.08. The van der Waals surface area contributed by atoms with Gasteiger partial charge < -0.3 is 10.3 Å². The molecule has 0 fully saturated rings. The van der Waals surface area contributed by atoms with Crippen molar-refractivity contribution in [1.82, 2.24) is 19.9 Å². The van der Waals surface area contributed by atoms with Gasteiger partial charge in [-0.15, -0.1) is 0 Å². The van der Waals surface area contributed by atoms with E-state index in [9.17, 15) is 0 Å². The van der Waals surface area contributed by atoms with Crippen LogP contribution in [0.1, 0.15) is 6.92 Å². The summed E-state index contributed by atoms with van der Waals surface area (Å²) in [7, 11) is 0. The van der Waals surface area contributed by atoms with Gasteiger partial charge in [0.2, 0.25) is 0 Å². The fourth-order valence-electron chi connectivity index (χ4n) is 2.25. The number of aromatic nitrogens is 4. The van der Waals surface area contributed by atoms with Gasteiger partial charge in [-0.1, -0.05) is 18.7 Å². The monoisotopic (exact) mass is 291 g/mol. The van der Waals surface area contributed by atoms with Gasteiger partial charge >= 0.3 is 0 Å². The number of allylic oxidation sites excluding steroid dienone is 1. The van der Waals surface area contributed by atoms with Gasteiger partial charge in [-0.2, -0.15) is 0 Å². The second kappa shape index (κ2) is 6.22. The van der Waals surface area contributed by atoms with Crippen molar-refractivity contribution in [3.05, 3.63) is 61.2 Å². The maximum Gasteiger partial charge on any atom is 0.137 e. The van der Waals surface area contributed by atoms with Gasteiger partial charge in [0, 0.05) is 36.0 Å². The maximum atomic E-state index is 4.37. The minimum absolute atomic E-state index is 0.686. The molecule has 3 rings (SSSR count). The van der Waals surface area contributed by atoms with Crippen LogP contribution in [0.4, 0.5) is 5.82 Å². The third-order valence-corrected chi connectivity index (χ3v) is 3.50. The highest BCUT2D eigenvalue weighted by Crippen LogP contribution is 2.26. The van der Waals surface area contributed by atoms with Crippen LogP contribution < -0.4 is 5.32 Å². The van der Waals surface area contributed by atoms with Crippen LogP contribution in [0.5, 0.6) is 0 Å². The van der Waals surface area contributed by atoms with Crippen molar-refractivity contribution < 1.29 is 0 Å². The summed E-state index contributed by atoms with van der Waals surface area (Å²) in [5.74, 6) is 0.782. The molecule has 0 aliphatic carbocycles. The smallest absolute Gasteiger partial charge is 0.137 e. The van der Waals surface area contributed by atoms with Crippen LogP contribution in [0.3, 0.4) is 0 Å². The normalized spacial score (nSPS) is 11.6. The van der Waals surface area contributed by atoms with E-state index in [1.807, 2.05) is 43.5 Å². The predicted molar refractivity (Wildman–Crippen MR) is 89.6 cm³/mol. The van der Waals surface area contributed by atoms with Crippen molar-refractivity contribution in [3.8, 4) is 11.3 Å². The van der Waals surface area contributed by atoms with Gasteiger partial charge in [0.05, 0.1) is 5.69 Å². The summed E-state index contributed by atoms with van der Waals surface area (Å²) in [6.07, 6.45) is 9.11. The van der Waals surface area contributed by atoms with E-state index in [4.69, 9.17) is 0 Å². The molecule has 0 spiro atoms. The van der Waals surface area contributed by atoms with Crippen LogP contribution in [-0.4, -0.2) is 26.5 Å². The molecule has 110 valence electrons. The number of rotatable bonds is 5. The molecule has 0 aliphatic heterocycles. The number of nitrogens with one attached hydrogen (secondary N) is 2. The van der Waals surface area contributed by atoms with E-state index < -0.39 is 0 Å². The molecule has 5 heteroatoms. The Morgan fingerprint density at radius 3 is 3.09 bits per heavy atom. The summed E-state index contributed by atoms with van der Waals surface area (Å²) in [6.45, 7) is 6.46. The van der Waals surface area contributed by atoms with Crippen molar-refractivity contribution in [3.63, 3.8) is 0 Å². The fraction of sp³-hybridized carbons (Fsp3) is 0.118. The molecule has 3 aromatic rings. The van der Waals surface area contributed by atoms with E-state index in [0.717, 1.165) is 33.7 Å². The maximum absolute atomic E-state index is 4.37. The van der Waals surface area contributed by atoms with Crippen LogP contribution >= 0.6 is 0 Å².